The topological polar surface area (TPSA) is 123 Å². The van der Waals surface area contributed by atoms with Gasteiger partial charge in [0.1, 0.15) is 30.9 Å². The number of hydrogen-bond acceptors (Lipinski definition) is 7. The summed E-state index contributed by atoms with van der Waals surface area (Å²) in [4.78, 5) is 18.0. The number of aromatic nitrogens is 3. The Labute approximate surface area is 201 Å². The van der Waals surface area contributed by atoms with Crippen molar-refractivity contribution in [3.63, 3.8) is 0 Å². The van der Waals surface area contributed by atoms with Crippen LogP contribution in [0.3, 0.4) is 0 Å². The Kier molecular flexibility index (Phi) is 7.05. The molecule has 1 amide bonds. The molecule has 2 heterocycles. The van der Waals surface area contributed by atoms with Gasteiger partial charge in [-0.05, 0) is 30.1 Å². The van der Waals surface area contributed by atoms with E-state index in [0.717, 1.165) is 11.0 Å². The van der Waals surface area contributed by atoms with E-state index in [1.807, 2.05) is 0 Å². The number of carbonyl (C=O) groups is 1. The van der Waals surface area contributed by atoms with Crippen LogP contribution in [0.1, 0.15) is 12.0 Å². The molecule has 35 heavy (non-hydrogen) atoms. The predicted molar refractivity (Wildman–Crippen MR) is 130 cm³/mol. The van der Waals surface area contributed by atoms with Crippen molar-refractivity contribution in [1.29, 1.82) is 0 Å². The van der Waals surface area contributed by atoms with E-state index < -0.39 is 12.7 Å². The van der Waals surface area contributed by atoms with Gasteiger partial charge >= 0.3 is 0 Å². The van der Waals surface area contributed by atoms with E-state index in [1.54, 1.807) is 30.3 Å². The molecule has 0 unspecified atom stereocenters. The van der Waals surface area contributed by atoms with Gasteiger partial charge in [0.05, 0.1) is 12.1 Å². The van der Waals surface area contributed by atoms with Crippen LogP contribution in [-0.2, 0) is 11.2 Å². The van der Waals surface area contributed by atoms with Crippen LogP contribution in [-0.4, -0.2) is 68.5 Å². The number of halogens is 1. The number of benzene rings is 2. The number of nitrogens with zero attached hydrogens (tertiary/aromatic N) is 4. The molecule has 2 aromatic carbocycles. The highest BCUT2D eigenvalue weighted by Gasteiger charge is 2.16. The Morgan fingerprint density at radius 2 is 1.91 bits per heavy atom. The number of amides is 1. The summed E-state index contributed by atoms with van der Waals surface area (Å²) in [6.45, 7) is -0.444. The van der Waals surface area contributed by atoms with Crippen molar-refractivity contribution in [2.45, 2.75) is 12.8 Å². The summed E-state index contributed by atoms with van der Waals surface area (Å²) in [5, 5.41) is 36.9. The first kappa shape index (κ1) is 23.9. The third kappa shape index (κ3) is 5.29. The van der Waals surface area contributed by atoms with Gasteiger partial charge in [0.25, 0.3) is 0 Å². The molecule has 2 radical (unpaired) electrons. The van der Waals surface area contributed by atoms with Gasteiger partial charge in [-0.1, -0.05) is 18.2 Å². The Hall–Kier alpha value is -4.28. The van der Waals surface area contributed by atoms with Gasteiger partial charge in [-0.3, -0.25) is 4.79 Å². The van der Waals surface area contributed by atoms with Gasteiger partial charge < -0.3 is 25.5 Å². The quantitative estimate of drug-likeness (QED) is 0.166. The number of fused-ring (bicyclic) bond motifs is 1. The van der Waals surface area contributed by atoms with Crippen LogP contribution in [0.2, 0.25) is 0 Å². The molecule has 4 aromatic rings. The molecule has 178 valence electrons. The molecular formula is C24H23BFN5O4. The third-order valence-corrected chi connectivity index (χ3v) is 5.50. The second-order valence-electron chi connectivity index (χ2n) is 7.93. The molecule has 2 aromatic heterocycles. The molecule has 9 nitrogen and oxygen atoms in total. The smallest absolute Gasteiger partial charge is 0.229 e. The van der Waals surface area contributed by atoms with Gasteiger partial charge in [0.15, 0.2) is 12.4 Å². The highest BCUT2D eigenvalue weighted by molar-refractivity contribution is 6.36. The largest absolute Gasteiger partial charge is 0.508 e. The first-order valence-electron chi connectivity index (χ1n) is 10.9. The lowest BCUT2D eigenvalue weighted by atomic mass is 10.0. The zero-order chi connectivity index (χ0) is 24.9. The summed E-state index contributed by atoms with van der Waals surface area (Å²) in [7, 11) is 6.00. The molecule has 11 heteroatoms. The average Bonchev–Trinajstić information content (AvgIpc) is 3.21. The molecule has 4 N–H and O–H groups in total. The van der Waals surface area contributed by atoms with Gasteiger partial charge in [0, 0.05) is 42.5 Å². The van der Waals surface area contributed by atoms with Crippen LogP contribution in [0, 0.1) is 0 Å². The maximum absolute atomic E-state index is 13.5. The summed E-state index contributed by atoms with van der Waals surface area (Å²) in [5.74, 6) is -0.190. The van der Waals surface area contributed by atoms with Crippen molar-refractivity contribution in [2.24, 2.45) is 0 Å². The molecule has 0 fully saturated rings. The van der Waals surface area contributed by atoms with Crippen molar-refractivity contribution in [3.05, 3.63) is 60.3 Å². The van der Waals surface area contributed by atoms with Crippen molar-refractivity contribution in [3.8, 4) is 28.5 Å². The van der Waals surface area contributed by atoms with E-state index in [4.69, 9.17) is 7.85 Å². The summed E-state index contributed by atoms with van der Waals surface area (Å²) < 4.78 is 15.1. The van der Waals surface area contributed by atoms with Gasteiger partial charge in [-0.2, -0.15) is 9.61 Å². The number of anilines is 1. The maximum atomic E-state index is 13.5. The summed E-state index contributed by atoms with van der Waals surface area (Å²) in [6, 6.07) is 12.4. The number of alkyl halides is 1. The molecule has 0 aliphatic rings. The lowest BCUT2D eigenvalue weighted by molar-refractivity contribution is -0.132. The fraction of sp³-hybridized carbons (Fsp3) is 0.208. The van der Waals surface area contributed by atoms with Crippen molar-refractivity contribution >= 4 is 30.7 Å². The fourth-order valence-electron chi connectivity index (χ4n) is 3.65. The van der Waals surface area contributed by atoms with E-state index in [1.165, 1.54) is 22.8 Å². The van der Waals surface area contributed by atoms with Crippen LogP contribution < -0.4 is 10.8 Å². The molecule has 0 atom stereocenters. The van der Waals surface area contributed by atoms with Crippen molar-refractivity contribution < 1.29 is 24.5 Å². The maximum Gasteiger partial charge on any atom is 0.229 e. The summed E-state index contributed by atoms with van der Waals surface area (Å²) in [5.41, 5.74) is 2.13. The molecule has 0 bridgehead atoms. The summed E-state index contributed by atoms with van der Waals surface area (Å²) in [6.07, 6.45) is 1.71. The molecule has 0 aliphatic carbocycles. The van der Waals surface area contributed by atoms with Crippen LogP contribution in [0.4, 0.5) is 10.2 Å². The van der Waals surface area contributed by atoms with E-state index in [0.29, 0.717) is 46.7 Å². The Bertz CT molecular complexity index is 1360. The number of para-hydroxylation sites is 1. The van der Waals surface area contributed by atoms with E-state index in [9.17, 15) is 24.5 Å². The SMILES string of the molecule is [B]c1cnn2c(NCCCN(CF)C(=O)Cc3ccc(O)cc3O)cc(-c3ccccc3O)nc12. The molecule has 0 saturated carbocycles. The number of rotatable bonds is 9. The Balaban J connectivity index is 1.43. The third-order valence-electron chi connectivity index (χ3n) is 5.50. The van der Waals surface area contributed by atoms with Crippen molar-refractivity contribution in [2.75, 3.05) is 25.2 Å². The second kappa shape index (κ2) is 10.3. The van der Waals surface area contributed by atoms with Crippen LogP contribution in [0.15, 0.2) is 54.7 Å². The second-order valence-corrected chi connectivity index (χ2v) is 7.93. The highest BCUT2D eigenvalue weighted by Crippen LogP contribution is 2.29. The first-order valence-corrected chi connectivity index (χ1v) is 10.9. The number of phenolic OH excluding ortho intramolecular Hbond substituents is 3. The molecular weight excluding hydrogens is 452 g/mol. The average molecular weight is 475 g/mol. The van der Waals surface area contributed by atoms with E-state index in [-0.39, 0.29) is 30.2 Å². The molecule has 0 aliphatic heterocycles. The van der Waals surface area contributed by atoms with Gasteiger partial charge in [-0.25, -0.2) is 9.37 Å². The van der Waals surface area contributed by atoms with Crippen LogP contribution in [0.25, 0.3) is 16.9 Å². The van der Waals surface area contributed by atoms with Crippen LogP contribution in [0.5, 0.6) is 17.2 Å². The minimum absolute atomic E-state index is 0.0742. The molecule has 0 saturated heterocycles. The number of nitrogens with one attached hydrogen (secondary N) is 1. The highest BCUT2D eigenvalue weighted by atomic mass is 19.1. The number of hydrogen-bond donors (Lipinski definition) is 4. The minimum atomic E-state index is -0.968. The minimum Gasteiger partial charge on any atom is -0.508 e. The zero-order valence-electron chi connectivity index (χ0n) is 18.7. The number of carbonyl (C=O) groups excluding carboxylic acids is 1. The lowest BCUT2D eigenvalue weighted by Gasteiger charge is -2.20. The normalized spacial score (nSPS) is 11.0. The number of aromatic hydroxyl groups is 3. The first-order chi connectivity index (χ1) is 16.9. The number of phenols is 3. The monoisotopic (exact) mass is 475 g/mol. The molecule has 0 spiro atoms. The van der Waals surface area contributed by atoms with Crippen molar-refractivity contribution in [1.82, 2.24) is 19.5 Å². The zero-order valence-corrected chi connectivity index (χ0v) is 18.7. The Morgan fingerprint density at radius 1 is 1.11 bits per heavy atom. The predicted octanol–water partition coefficient (Wildman–Crippen LogP) is 2.11. The van der Waals surface area contributed by atoms with Gasteiger partial charge in [-0.15, -0.1) is 0 Å². The van der Waals surface area contributed by atoms with E-state index >= 15 is 0 Å². The van der Waals surface area contributed by atoms with Crippen LogP contribution >= 0.6 is 0 Å². The fourth-order valence-corrected chi connectivity index (χ4v) is 3.65. The summed E-state index contributed by atoms with van der Waals surface area (Å²) >= 11 is 0. The van der Waals surface area contributed by atoms with E-state index in [2.05, 4.69) is 15.4 Å². The molecule has 4 rings (SSSR count). The van der Waals surface area contributed by atoms with Gasteiger partial charge in [0.2, 0.25) is 5.91 Å². The Morgan fingerprint density at radius 3 is 2.66 bits per heavy atom. The lowest BCUT2D eigenvalue weighted by Crippen LogP contribution is -2.33. The standard InChI is InChI=1S/C24H23BFN5O4/c25-18-13-28-31-22(12-19(29-24(18)31)17-4-1-2-5-20(17)33)27-8-3-9-30(14-26)23(35)10-15-6-7-16(32)11-21(15)34/h1-2,4-7,11-13,27,32-34H,3,8-10,14H2.